The first kappa shape index (κ1) is 12.9. The van der Waals surface area contributed by atoms with Crippen LogP contribution >= 0.6 is 11.8 Å². The van der Waals surface area contributed by atoms with Crippen LogP contribution in [0.4, 0.5) is 5.69 Å². The van der Waals surface area contributed by atoms with Crippen LogP contribution in [0.15, 0.2) is 29.8 Å². The molecule has 0 atom stereocenters. The molecule has 5 nitrogen and oxygen atoms in total. The van der Waals surface area contributed by atoms with Crippen LogP contribution < -0.4 is 5.32 Å². The molecule has 1 N–H and O–H groups in total. The van der Waals surface area contributed by atoms with E-state index in [4.69, 9.17) is 0 Å². The summed E-state index contributed by atoms with van der Waals surface area (Å²) < 4.78 is 1.91. The number of thioether (sulfide) groups is 1. The molecule has 0 amide bonds. The first-order valence-corrected chi connectivity index (χ1v) is 6.93. The number of aromatic nitrogens is 4. The minimum absolute atomic E-state index is 0.800. The first-order valence-electron chi connectivity index (χ1n) is 5.95. The van der Waals surface area contributed by atoms with Gasteiger partial charge in [0.2, 0.25) is 0 Å². The summed E-state index contributed by atoms with van der Waals surface area (Å²) in [5.41, 5.74) is 2.17. The van der Waals surface area contributed by atoms with Crippen LogP contribution in [0.3, 0.4) is 0 Å². The second-order valence-corrected chi connectivity index (χ2v) is 4.92. The number of aryl methyl sites for hydroxylation is 1. The summed E-state index contributed by atoms with van der Waals surface area (Å²) in [5, 5.41) is 12.1. The average Bonchev–Trinajstić information content (AvgIpc) is 2.80. The smallest absolute Gasteiger partial charge is 0.191 e. The highest BCUT2D eigenvalue weighted by atomic mass is 32.2. The van der Waals surface area contributed by atoms with E-state index < -0.39 is 0 Å². The second-order valence-electron chi connectivity index (χ2n) is 3.98. The fraction of sp³-hybridized carbons (Fsp3) is 0.417. The molecular formula is C12H17N5S. The number of hydrogen-bond acceptors (Lipinski definition) is 5. The maximum Gasteiger partial charge on any atom is 0.191 e. The number of rotatable bonds is 6. The van der Waals surface area contributed by atoms with Crippen molar-refractivity contribution in [2.24, 2.45) is 7.05 Å². The predicted molar refractivity (Wildman–Crippen MR) is 73.6 cm³/mol. The van der Waals surface area contributed by atoms with Crippen molar-refractivity contribution >= 4 is 17.4 Å². The third kappa shape index (κ3) is 3.46. The van der Waals surface area contributed by atoms with Crippen molar-refractivity contribution in [2.75, 3.05) is 11.9 Å². The standard InChI is InChI=1S/C12H17N5S/c1-3-5-13-10-4-6-14-11(7-10)8-18-12-16-15-9-17(12)2/h4,6-7,9H,3,5,8H2,1-2H3,(H,13,14). The van der Waals surface area contributed by atoms with Crippen molar-refractivity contribution < 1.29 is 0 Å². The zero-order chi connectivity index (χ0) is 12.8. The summed E-state index contributed by atoms with van der Waals surface area (Å²) in [4.78, 5) is 4.36. The van der Waals surface area contributed by atoms with Crippen molar-refractivity contribution in [3.63, 3.8) is 0 Å². The van der Waals surface area contributed by atoms with Gasteiger partial charge in [-0.1, -0.05) is 18.7 Å². The molecule has 96 valence electrons. The van der Waals surface area contributed by atoms with Crippen molar-refractivity contribution in [1.29, 1.82) is 0 Å². The molecule has 2 rings (SSSR count). The molecule has 0 aromatic carbocycles. The Morgan fingerprint density at radius 3 is 3.06 bits per heavy atom. The molecule has 2 heterocycles. The van der Waals surface area contributed by atoms with Crippen molar-refractivity contribution in [2.45, 2.75) is 24.3 Å². The predicted octanol–water partition coefficient (Wildman–Crippen LogP) is 2.32. The topological polar surface area (TPSA) is 55.6 Å². The molecule has 0 fully saturated rings. The third-order valence-electron chi connectivity index (χ3n) is 2.41. The van der Waals surface area contributed by atoms with Crippen molar-refractivity contribution in [3.05, 3.63) is 30.4 Å². The lowest BCUT2D eigenvalue weighted by molar-refractivity contribution is 0.788. The van der Waals surface area contributed by atoms with Gasteiger partial charge < -0.3 is 9.88 Å². The Morgan fingerprint density at radius 2 is 2.33 bits per heavy atom. The van der Waals surface area contributed by atoms with Gasteiger partial charge in [0.15, 0.2) is 5.16 Å². The molecule has 0 aliphatic carbocycles. The molecule has 6 heteroatoms. The summed E-state index contributed by atoms with van der Waals surface area (Å²) >= 11 is 1.64. The van der Waals surface area contributed by atoms with E-state index >= 15 is 0 Å². The van der Waals surface area contributed by atoms with Gasteiger partial charge in [-0.2, -0.15) is 0 Å². The van der Waals surface area contributed by atoms with Gasteiger partial charge in [0.05, 0.1) is 5.69 Å². The van der Waals surface area contributed by atoms with Gasteiger partial charge in [-0.25, -0.2) is 0 Å². The maximum absolute atomic E-state index is 4.36. The fourth-order valence-electron chi connectivity index (χ4n) is 1.48. The molecule has 0 saturated carbocycles. The molecule has 0 aliphatic heterocycles. The Morgan fingerprint density at radius 1 is 1.44 bits per heavy atom. The van der Waals surface area contributed by atoms with E-state index in [1.54, 1.807) is 18.1 Å². The largest absolute Gasteiger partial charge is 0.385 e. The summed E-state index contributed by atoms with van der Waals surface area (Å²) in [6.45, 7) is 3.14. The Balaban J connectivity index is 1.95. The number of hydrogen-bond donors (Lipinski definition) is 1. The first-order chi connectivity index (χ1) is 8.79. The van der Waals surface area contributed by atoms with E-state index in [1.807, 2.05) is 23.9 Å². The lowest BCUT2D eigenvalue weighted by Crippen LogP contribution is -2.00. The van der Waals surface area contributed by atoms with E-state index in [1.165, 1.54) is 0 Å². The minimum Gasteiger partial charge on any atom is -0.385 e. The van der Waals surface area contributed by atoms with Crippen LogP contribution in [0.1, 0.15) is 19.0 Å². The zero-order valence-corrected chi connectivity index (χ0v) is 11.4. The normalized spacial score (nSPS) is 10.6. The van der Waals surface area contributed by atoms with Gasteiger partial charge in [-0.3, -0.25) is 4.98 Å². The van der Waals surface area contributed by atoms with Crippen LogP contribution in [0, 0.1) is 0 Å². The summed E-state index contributed by atoms with van der Waals surface area (Å²) in [6.07, 6.45) is 4.66. The molecule has 0 spiro atoms. The lowest BCUT2D eigenvalue weighted by Gasteiger charge is -2.06. The van der Waals surface area contributed by atoms with Crippen LogP contribution in [0.5, 0.6) is 0 Å². The van der Waals surface area contributed by atoms with Gasteiger partial charge in [-0.05, 0) is 18.6 Å². The number of pyridine rings is 1. The average molecular weight is 263 g/mol. The van der Waals surface area contributed by atoms with Crippen LogP contribution in [-0.2, 0) is 12.8 Å². The molecule has 2 aromatic rings. The summed E-state index contributed by atoms with van der Waals surface area (Å²) in [7, 11) is 1.94. The molecule has 0 unspecified atom stereocenters. The molecule has 18 heavy (non-hydrogen) atoms. The Hall–Kier alpha value is -1.56. The SMILES string of the molecule is CCCNc1ccnc(CSc2nncn2C)c1. The van der Waals surface area contributed by atoms with Gasteiger partial charge in [0.1, 0.15) is 6.33 Å². The molecule has 0 bridgehead atoms. The molecule has 0 saturated heterocycles. The third-order valence-corrected chi connectivity index (χ3v) is 3.48. The Bertz CT molecular complexity index is 497. The van der Waals surface area contributed by atoms with Crippen LogP contribution in [0.25, 0.3) is 0 Å². The van der Waals surface area contributed by atoms with Crippen LogP contribution in [0.2, 0.25) is 0 Å². The lowest BCUT2D eigenvalue weighted by atomic mass is 10.3. The summed E-state index contributed by atoms with van der Waals surface area (Å²) in [5.74, 6) is 0.800. The van der Waals surface area contributed by atoms with E-state index in [9.17, 15) is 0 Å². The van der Waals surface area contributed by atoms with Gasteiger partial charge in [0.25, 0.3) is 0 Å². The monoisotopic (exact) mass is 263 g/mol. The van der Waals surface area contributed by atoms with Gasteiger partial charge in [-0.15, -0.1) is 10.2 Å². The van der Waals surface area contributed by atoms with Crippen molar-refractivity contribution in [1.82, 2.24) is 19.7 Å². The van der Waals surface area contributed by atoms with E-state index in [0.717, 1.165) is 35.3 Å². The van der Waals surface area contributed by atoms with Gasteiger partial charge in [0, 0.05) is 31.2 Å². The highest BCUT2D eigenvalue weighted by Crippen LogP contribution is 2.20. The highest BCUT2D eigenvalue weighted by Gasteiger charge is 2.03. The van der Waals surface area contributed by atoms with E-state index in [0.29, 0.717) is 0 Å². The van der Waals surface area contributed by atoms with E-state index in [-0.39, 0.29) is 0 Å². The summed E-state index contributed by atoms with van der Waals surface area (Å²) in [6, 6.07) is 4.07. The Labute approximate surface area is 111 Å². The van der Waals surface area contributed by atoms with Crippen molar-refractivity contribution in [3.8, 4) is 0 Å². The number of nitrogens with one attached hydrogen (secondary N) is 1. The number of nitrogens with zero attached hydrogens (tertiary/aromatic N) is 4. The second kappa shape index (κ2) is 6.39. The minimum atomic E-state index is 0.800. The Kier molecular flexibility index (Phi) is 4.58. The molecule has 0 radical (unpaired) electrons. The molecule has 2 aromatic heterocycles. The molecule has 0 aliphatic rings. The quantitative estimate of drug-likeness (QED) is 0.811. The fourth-order valence-corrected chi connectivity index (χ4v) is 2.27. The number of anilines is 1. The zero-order valence-electron chi connectivity index (χ0n) is 10.6. The highest BCUT2D eigenvalue weighted by molar-refractivity contribution is 7.98. The van der Waals surface area contributed by atoms with Gasteiger partial charge >= 0.3 is 0 Å². The molecular weight excluding hydrogens is 246 g/mol. The maximum atomic E-state index is 4.36. The van der Waals surface area contributed by atoms with E-state index in [2.05, 4.69) is 33.5 Å². The van der Waals surface area contributed by atoms with Crippen LogP contribution in [-0.4, -0.2) is 26.3 Å².